The van der Waals surface area contributed by atoms with Gasteiger partial charge in [0.05, 0.1) is 23.2 Å². The third-order valence-electron chi connectivity index (χ3n) is 4.55. The first-order valence-electron chi connectivity index (χ1n) is 9.46. The molecule has 9 heteroatoms. The average molecular weight is 496 g/mol. The number of carbonyl (C=O) groups excluding carboxylic acids is 2. The first kappa shape index (κ1) is 23.9. The number of hydrogen-bond donors (Lipinski definition) is 2. The van der Waals surface area contributed by atoms with Gasteiger partial charge in [0.2, 0.25) is 15.9 Å². The van der Waals surface area contributed by atoms with Gasteiger partial charge in [-0.1, -0.05) is 35.0 Å². The Morgan fingerprint density at radius 2 is 1.83 bits per heavy atom. The van der Waals surface area contributed by atoms with Crippen LogP contribution in [0.4, 0.5) is 11.4 Å². The monoisotopic (exact) mass is 495 g/mol. The van der Waals surface area contributed by atoms with E-state index in [1.807, 2.05) is 20.8 Å². The van der Waals surface area contributed by atoms with Crippen LogP contribution in [0.3, 0.4) is 0 Å². The number of anilines is 2. The van der Waals surface area contributed by atoms with Crippen LogP contribution in [-0.4, -0.2) is 39.1 Å². The number of halogens is 1. The van der Waals surface area contributed by atoms with E-state index in [2.05, 4.69) is 26.6 Å². The van der Waals surface area contributed by atoms with Gasteiger partial charge in [0, 0.05) is 10.5 Å². The summed E-state index contributed by atoms with van der Waals surface area (Å²) in [5.41, 5.74) is 1.87. The Kier molecular flexibility index (Phi) is 8.03. The van der Waals surface area contributed by atoms with Gasteiger partial charge in [-0.15, -0.1) is 0 Å². The summed E-state index contributed by atoms with van der Waals surface area (Å²) >= 11 is 3.38. The molecular weight excluding hydrogens is 470 g/mol. The maximum Gasteiger partial charge on any atom is 0.253 e. The first-order valence-corrected chi connectivity index (χ1v) is 12.1. The predicted octanol–water partition coefficient (Wildman–Crippen LogP) is 3.69. The first-order chi connectivity index (χ1) is 14.0. The molecule has 0 aliphatic rings. The molecule has 0 fully saturated rings. The summed E-state index contributed by atoms with van der Waals surface area (Å²) < 4.78 is 26.5. The van der Waals surface area contributed by atoms with Gasteiger partial charge in [-0.05, 0) is 56.2 Å². The zero-order valence-corrected chi connectivity index (χ0v) is 19.8. The molecule has 2 N–H and O–H groups in total. The highest BCUT2D eigenvalue weighted by molar-refractivity contribution is 9.10. The lowest BCUT2D eigenvalue weighted by atomic mass is 10.1. The lowest BCUT2D eigenvalue weighted by molar-refractivity contribution is -0.114. The molecule has 0 aromatic heterocycles. The smallest absolute Gasteiger partial charge is 0.253 e. The third kappa shape index (κ3) is 6.30. The molecular formula is C21H26BrN3O4S. The Morgan fingerprint density at radius 1 is 1.17 bits per heavy atom. The molecule has 0 saturated carbocycles. The number of rotatable bonds is 8. The van der Waals surface area contributed by atoms with Crippen molar-refractivity contribution in [3.63, 3.8) is 0 Å². The van der Waals surface area contributed by atoms with Gasteiger partial charge in [0.1, 0.15) is 6.54 Å². The standard InChI is InChI=1S/C21H26BrN3O4S/c1-5-15(3)23-21(27)17-8-6-7-9-19(17)24-20(26)13-25(30(4,28)29)16-10-11-18(22)14(2)12-16/h6-12,15H,5,13H2,1-4H3,(H,23,27)(H,24,26)/t15-/m0/s1. The normalized spacial score (nSPS) is 12.2. The van der Waals surface area contributed by atoms with E-state index in [-0.39, 0.29) is 11.9 Å². The van der Waals surface area contributed by atoms with E-state index < -0.39 is 22.5 Å². The molecule has 2 amide bonds. The summed E-state index contributed by atoms with van der Waals surface area (Å²) in [5.74, 6) is -0.853. The number of benzene rings is 2. The minimum atomic E-state index is -3.70. The molecule has 1 atom stereocenters. The Hall–Kier alpha value is -2.39. The molecule has 2 aromatic carbocycles. The third-order valence-corrected chi connectivity index (χ3v) is 6.58. The summed E-state index contributed by atoms with van der Waals surface area (Å²) in [4.78, 5) is 25.2. The second kappa shape index (κ2) is 10.1. The van der Waals surface area contributed by atoms with Gasteiger partial charge >= 0.3 is 0 Å². The van der Waals surface area contributed by atoms with E-state index in [1.54, 1.807) is 42.5 Å². The van der Waals surface area contributed by atoms with Crippen molar-refractivity contribution < 1.29 is 18.0 Å². The second-order valence-corrected chi connectivity index (χ2v) is 9.84. The van der Waals surface area contributed by atoms with Crippen LogP contribution in [0.25, 0.3) is 0 Å². The van der Waals surface area contributed by atoms with Crippen molar-refractivity contribution in [2.24, 2.45) is 0 Å². The highest BCUT2D eigenvalue weighted by Gasteiger charge is 2.22. The van der Waals surface area contributed by atoms with Crippen LogP contribution in [0.2, 0.25) is 0 Å². The summed E-state index contributed by atoms with van der Waals surface area (Å²) in [7, 11) is -3.70. The Morgan fingerprint density at radius 3 is 2.43 bits per heavy atom. The number of para-hydroxylation sites is 1. The lowest BCUT2D eigenvalue weighted by Gasteiger charge is -2.23. The zero-order valence-electron chi connectivity index (χ0n) is 17.4. The SMILES string of the molecule is CC[C@H](C)NC(=O)c1ccccc1NC(=O)CN(c1ccc(Br)c(C)c1)S(C)(=O)=O. The van der Waals surface area contributed by atoms with Gasteiger partial charge in [0.15, 0.2) is 0 Å². The quantitative estimate of drug-likeness (QED) is 0.583. The lowest BCUT2D eigenvalue weighted by Crippen LogP contribution is -2.38. The summed E-state index contributed by atoms with van der Waals surface area (Å²) in [6.45, 7) is 5.27. The largest absolute Gasteiger partial charge is 0.350 e. The topological polar surface area (TPSA) is 95.6 Å². The maximum absolute atomic E-state index is 12.7. The molecule has 7 nitrogen and oxygen atoms in total. The van der Waals surface area contributed by atoms with E-state index >= 15 is 0 Å². The van der Waals surface area contributed by atoms with Crippen molar-refractivity contribution in [1.82, 2.24) is 5.32 Å². The molecule has 0 unspecified atom stereocenters. The number of sulfonamides is 1. The van der Waals surface area contributed by atoms with E-state index in [1.165, 1.54) is 0 Å². The average Bonchev–Trinajstić information content (AvgIpc) is 2.67. The van der Waals surface area contributed by atoms with E-state index in [4.69, 9.17) is 0 Å². The van der Waals surface area contributed by atoms with Crippen LogP contribution < -0.4 is 14.9 Å². The van der Waals surface area contributed by atoms with Crippen molar-refractivity contribution in [3.8, 4) is 0 Å². The van der Waals surface area contributed by atoms with Gasteiger partial charge in [-0.25, -0.2) is 8.42 Å². The van der Waals surface area contributed by atoms with E-state index in [0.29, 0.717) is 16.9 Å². The molecule has 0 heterocycles. The van der Waals surface area contributed by atoms with Crippen molar-refractivity contribution in [2.75, 3.05) is 22.4 Å². The Balaban J connectivity index is 2.24. The Labute approximate surface area is 186 Å². The molecule has 162 valence electrons. The molecule has 2 aromatic rings. The fourth-order valence-corrected chi connectivity index (χ4v) is 3.79. The molecule has 0 aliphatic heterocycles. The minimum absolute atomic E-state index is 0.0115. The molecule has 0 aliphatic carbocycles. The minimum Gasteiger partial charge on any atom is -0.350 e. The predicted molar refractivity (Wildman–Crippen MR) is 123 cm³/mol. The van der Waals surface area contributed by atoms with Gasteiger partial charge < -0.3 is 10.6 Å². The number of hydrogen-bond acceptors (Lipinski definition) is 4. The van der Waals surface area contributed by atoms with Crippen LogP contribution in [0.15, 0.2) is 46.9 Å². The molecule has 0 spiro atoms. The number of aryl methyl sites for hydroxylation is 1. The van der Waals surface area contributed by atoms with Crippen molar-refractivity contribution in [1.29, 1.82) is 0 Å². The molecule has 30 heavy (non-hydrogen) atoms. The van der Waals surface area contributed by atoms with Gasteiger partial charge in [-0.3, -0.25) is 13.9 Å². The van der Waals surface area contributed by atoms with Crippen LogP contribution in [0.5, 0.6) is 0 Å². The van der Waals surface area contributed by atoms with Gasteiger partial charge in [0.25, 0.3) is 5.91 Å². The number of nitrogens with zero attached hydrogens (tertiary/aromatic N) is 1. The van der Waals surface area contributed by atoms with Crippen molar-refractivity contribution >= 4 is 49.1 Å². The van der Waals surface area contributed by atoms with Crippen LogP contribution >= 0.6 is 15.9 Å². The van der Waals surface area contributed by atoms with E-state index in [0.717, 1.165) is 27.0 Å². The fourth-order valence-electron chi connectivity index (χ4n) is 2.70. The highest BCUT2D eigenvalue weighted by Crippen LogP contribution is 2.25. The molecule has 0 saturated heterocycles. The number of amides is 2. The second-order valence-electron chi connectivity index (χ2n) is 7.08. The Bertz CT molecular complexity index is 1040. The number of nitrogens with one attached hydrogen (secondary N) is 2. The zero-order chi connectivity index (χ0) is 22.5. The van der Waals surface area contributed by atoms with Crippen molar-refractivity contribution in [3.05, 3.63) is 58.1 Å². The van der Waals surface area contributed by atoms with Crippen LogP contribution in [-0.2, 0) is 14.8 Å². The highest BCUT2D eigenvalue weighted by atomic mass is 79.9. The van der Waals surface area contributed by atoms with Crippen LogP contribution in [0.1, 0.15) is 36.2 Å². The van der Waals surface area contributed by atoms with Crippen LogP contribution in [0, 0.1) is 6.92 Å². The summed E-state index contributed by atoms with van der Waals surface area (Å²) in [6.07, 6.45) is 1.82. The summed E-state index contributed by atoms with van der Waals surface area (Å²) in [5, 5.41) is 5.53. The fraction of sp³-hybridized carbons (Fsp3) is 0.333. The summed E-state index contributed by atoms with van der Waals surface area (Å²) in [6, 6.07) is 11.6. The maximum atomic E-state index is 12.7. The van der Waals surface area contributed by atoms with Crippen molar-refractivity contribution in [2.45, 2.75) is 33.2 Å². The number of carbonyl (C=O) groups is 2. The van der Waals surface area contributed by atoms with E-state index in [9.17, 15) is 18.0 Å². The molecule has 2 rings (SSSR count). The molecule has 0 bridgehead atoms. The molecule has 0 radical (unpaired) electrons. The van der Waals surface area contributed by atoms with Gasteiger partial charge in [-0.2, -0.15) is 0 Å².